The Kier molecular flexibility index (Phi) is 5.21. The summed E-state index contributed by atoms with van der Waals surface area (Å²) in [5.74, 6) is 2.87. The van der Waals surface area contributed by atoms with Crippen LogP contribution in [0.15, 0.2) is 29.0 Å². The highest BCUT2D eigenvalue weighted by Crippen LogP contribution is 2.23. The van der Waals surface area contributed by atoms with Crippen LogP contribution in [0.5, 0.6) is 0 Å². The third-order valence-electron chi connectivity index (χ3n) is 4.84. The van der Waals surface area contributed by atoms with Crippen molar-refractivity contribution in [3.8, 4) is 0 Å². The Morgan fingerprint density at radius 1 is 0.962 bits per heavy atom. The van der Waals surface area contributed by atoms with Crippen molar-refractivity contribution in [1.82, 2.24) is 15.0 Å². The van der Waals surface area contributed by atoms with E-state index in [1.807, 2.05) is 18.5 Å². The van der Waals surface area contributed by atoms with Crippen molar-refractivity contribution in [2.24, 2.45) is 0 Å². The molecule has 0 unspecified atom stereocenters. The topological polar surface area (TPSA) is 57.6 Å². The van der Waals surface area contributed by atoms with Gasteiger partial charge in [-0.25, -0.2) is 9.97 Å². The van der Waals surface area contributed by atoms with Crippen LogP contribution >= 0.6 is 15.9 Å². The Labute approximate surface area is 162 Å². The molecule has 2 aromatic rings. The van der Waals surface area contributed by atoms with Crippen LogP contribution in [0.25, 0.3) is 0 Å². The molecule has 0 radical (unpaired) electrons. The first kappa shape index (κ1) is 17.5. The largest absolute Gasteiger partial charge is 0.378 e. The van der Waals surface area contributed by atoms with E-state index >= 15 is 0 Å². The fourth-order valence-electron chi connectivity index (χ4n) is 3.44. The van der Waals surface area contributed by atoms with Gasteiger partial charge in [0.25, 0.3) is 0 Å². The molecule has 0 spiro atoms. The van der Waals surface area contributed by atoms with Crippen LogP contribution in [-0.4, -0.2) is 67.4 Å². The van der Waals surface area contributed by atoms with Gasteiger partial charge in [-0.3, -0.25) is 0 Å². The van der Waals surface area contributed by atoms with Crippen LogP contribution in [0.4, 0.5) is 17.6 Å². The van der Waals surface area contributed by atoms with Gasteiger partial charge in [0, 0.05) is 56.1 Å². The molecule has 138 valence electrons. The summed E-state index contributed by atoms with van der Waals surface area (Å²) in [4.78, 5) is 20.7. The maximum absolute atomic E-state index is 5.43. The average Bonchev–Trinajstić information content (AvgIpc) is 2.69. The van der Waals surface area contributed by atoms with Gasteiger partial charge in [-0.1, -0.05) is 0 Å². The van der Waals surface area contributed by atoms with Crippen molar-refractivity contribution in [1.29, 1.82) is 0 Å². The lowest BCUT2D eigenvalue weighted by Gasteiger charge is -2.36. The highest BCUT2D eigenvalue weighted by atomic mass is 79.9. The number of hydrogen-bond donors (Lipinski definition) is 0. The average molecular weight is 419 g/mol. The van der Waals surface area contributed by atoms with Gasteiger partial charge in [0.1, 0.15) is 11.6 Å². The number of halogens is 1. The van der Waals surface area contributed by atoms with Crippen molar-refractivity contribution in [3.05, 3.63) is 34.6 Å². The quantitative estimate of drug-likeness (QED) is 0.756. The number of hydrogen-bond acceptors (Lipinski definition) is 7. The lowest BCUT2D eigenvalue weighted by Crippen LogP contribution is -2.47. The molecule has 2 aliphatic heterocycles. The van der Waals surface area contributed by atoms with E-state index in [4.69, 9.17) is 9.72 Å². The Morgan fingerprint density at radius 3 is 2.42 bits per heavy atom. The second-order valence-corrected chi connectivity index (χ2v) is 7.50. The number of morpholine rings is 1. The molecule has 0 amide bonds. The number of piperazine rings is 1. The summed E-state index contributed by atoms with van der Waals surface area (Å²) < 4.78 is 6.45. The summed E-state index contributed by atoms with van der Waals surface area (Å²) in [6.07, 6.45) is 3.73. The molecule has 0 aromatic carbocycles. The third-order valence-corrected chi connectivity index (χ3v) is 5.28. The second kappa shape index (κ2) is 7.75. The predicted octanol–water partition coefficient (Wildman–Crippen LogP) is 2.11. The number of rotatable bonds is 3. The lowest BCUT2D eigenvalue weighted by atomic mass is 10.2. The smallest absolute Gasteiger partial charge is 0.227 e. The number of pyridine rings is 1. The molecule has 0 saturated carbocycles. The molecule has 2 aromatic heterocycles. The van der Waals surface area contributed by atoms with Crippen LogP contribution < -0.4 is 14.7 Å². The molecule has 2 saturated heterocycles. The summed E-state index contributed by atoms with van der Waals surface area (Å²) in [6, 6.07) is 4.10. The fraction of sp³-hybridized carbons (Fsp3) is 0.500. The Bertz CT molecular complexity index is 759. The maximum Gasteiger partial charge on any atom is 0.227 e. The van der Waals surface area contributed by atoms with Gasteiger partial charge in [0.15, 0.2) is 0 Å². The fourth-order valence-corrected chi connectivity index (χ4v) is 3.89. The van der Waals surface area contributed by atoms with E-state index in [1.54, 1.807) is 0 Å². The Hall–Kier alpha value is -1.93. The zero-order valence-corrected chi connectivity index (χ0v) is 16.5. The minimum atomic E-state index is 0.761. The van der Waals surface area contributed by atoms with E-state index in [-0.39, 0.29) is 0 Å². The molecule has 0 atom stereocenters. The molecular weight excluding hydrogens is 396 g/mol. The van der Waals surface area contributed by atoms with Gasteiger partial charge in [-0.05, 0) is 40.5 Å². The van der Waals surface area contributed by atoms with E-state index in [1.165, 1.54) is 5.56 Å². The van der Waals surface area contributed by atoms with Crippen LogP contribution in [0.3, 0.4) is 0 Å². The summed E-state index contributed by atoms with van der Waals surface area (Å²) in [5, 5.41) is 0. The maximum atomic E-state index is 5.43. The van der Waals surface area contributed by atoms with Gasteiger partial charge in [0.2, 0.25) is 5.95 Å². The van der Waals surface area contributed by atoms with Crippen molar-refractivity contribution < 1.29 is 4.74 Å². The van der Waals surface area contributed by atoms with E-state index in [0.717, 1.165) is 74.5 Å². The van der Waals surface area contributed by atoms with E-state index in [0.29, 0.717) is 0 Å². The molecule has 4 heterocycles. The van der Waals surface area contributed by atoms with Crippen LogP contribution in [0.1, 0.15) is 5.56 Å². The van der Waals surface area contributed by atoms with Gasteiger partial charge in [0.05, 0.1) is 13.2 Å². The Balaban J connectivity index is 1.43. The van der Waals surface area contributed by atoms with E-state index < -0.39 is 0 Å². The van der Waals surface area contributed by atoms with Crippen molar-refractivity contribution in [2.45, 2.75) is 6.92 Å². The van der Waals surface area contributed by atoms with Gasteiger partial charge >= 0.3 is 0 Å². The van der Waals surface area contributed by atoms with Crippen LogP contribution in [0.2, 0.25) is 0 Å². The van der Waals surface area contributed by atoms with Crippen molar-refractivity contribution in [2.75, 3.05) is 67.2 Å². The summed E-state index contributed by atoms with van der Waals surface area (Å²) >= 11 is 3.48. The van der Waals surface area contributed by atoms with Crippen LogP contribution in [0, 0.1) is 6.92 Å². The number of anilines is 3. The third kappa shape index (κ3) is 3.76. The summed E-state index contributed by atoms with van der Waals surface area (Å²) in [7, 11) is 0. The van der Waals surface area contributed by atoms with Crippen molar-refractivity contribution in [3.63, 3.8) is 0 Å². The highest BCUT2D eigenvalue weighted by Gasteiger charge is 2.22. The number of nitrogens with zero attached hydrogens (tertiary/aromatic N) is 6. The molecule has 26 heavy (non-hydrogen) atoms. The van der Waals surface area contributed by atoms with E-state index in [2.05, 4.69) is 53.6 Å². The molecule has 0 aliphatic carbocycles. The first-order chi connectivity index (χ1) is 12.7. The lowest BCUT2D eigenvalue weighted by molar-refractivity contribution is 0.122. The zero-order chi connectivity index (χ0) is 17.9. The SMILES string of the molecule is Cc1cc(Br)cnc1N1CCN(c2nccc(N3CCOCC3)n2)CC1. The second-order valence-electron chi connectivity index (χ2n) is 6.58. The minimum absolute atomic E-state index is 0.761. The van der Waals surface area contributed by atoms with Crippen molar-refractivity contribution >= 4 is 33.5 Å². The van der Waals surface area contributed by atoms with Gasteiger partial charge < -0.3 is 19.4 Å². The molecule has 0 bridgehead atoms. The normalized spacial score (nSPS) is 18.3. The minimum Gasteiger partial charge on any atom is -0.378 e. The molecule has 0 N–H and O–H groups in total. The summed E-state index contributed by atoms with van der Waals surface area (Å²) in [5.41, 5.74) is 1.19. The standard InChI is InChI=1S/C18H23BrN6O/c1-14-12-15(19)13-21-17(14)24-4-6-25(7-5-24)18-20-3-2-16(22-18)23-8-10-26-11-9-23/h2-3,12-13H,4-11H2,1H3. The number of aromatic nitrogens is 3. The van der Waals surface area contributed by atoms with Gasteiger partial charge in [-0.2, -0.15) is 4.98 Å². The highest BCUT2D eigenvalue weighted by molar-refractivity contribution is 9.10. The zero-order valence-electron chi connectivity index (χ0n) is 14.9. The molecule has 7 nitrogen and oxygen atoms in total. The van der Waals surface area contributed by atoms with Gasteiger partial charge in [-0.15, -0.1) is 0 Å². The molecule has 8 heteroatoms. The first-order valence-electron chi connectivity index (χ1n) is 8.98. The molecule has 2 fully saturated rings. The predicted molar refractivity (Wildman–Crippen MR) is 106 cm³/mol. The van der Waals surface area contributed by atoms with E-state index in [9.17, 15) is 0 Å². The first-order valence-corrected chi connectivity index (χ1v) is 9.78. The monoisotopic (exact) mass is 418 g/mol. The number of ether oxygens (including phenoxy) is 1. The Morgan fingerprint density at radius 2 is 1.69 bits per heavy atom. The molecular formula is C18H23BrN6O. The molecule has 4 rings (SSSR count). The summed E-state index contributed by atoms with van der Waals surface area (Å²) in [6.45, 7) is 9.02. The molecule has 2 aliphatic rings. The van der Waals surface area contributed by atoms with Crippen LogP contribution in [-0.2, 0) is 4.74 Å². The number of aryl methyl sites for hydroxylation is 1.